The molecule has 0 bridgehead atoms. The number of benzene rings is 1. The van der Waals surface area contributed by atoms with Crippen molar-refractivity contribution in [2.75, 3.05) is 26.7 Å². The van der Waals surface area contributed by atoms with Gasteiger partial charge >= 0.3 is 0 Å². The van der Waals surface area contributed by atoms with Gasteiger partial charge in [-0.05, 0) is 38.4 Å². The van der Waals surface area contributed by atoms with Crippen LogP contribution in [-0.4, -0.2) is 49.7 Å². The predicted molar refractivity (Wildman–Crippen MR) is 84.2 cm³/mol. The molecule has 22 heavy (non-hydrogen) atoms. The Morgan fingerprint density at radius 1 is 1.36 bits per heavy atom. The Labute approximate surface area is 131 Å². The summed E-state index contributed by atoms with van der Waals surface area (Å²) in [6, 6.07) is 8.07. The second kappa shape index (κ2) is 6.57. The van der Waals surface area contributed by atoms with E-state index in [4.69, 9.17) is 9.47 Å². The van der Waals surface area contributed by atoms with Crippen molar-refractivity contribution < 1.29 is 14.3 Å². The van der Waals surface area contributed by atoms with Crippen LogP contribution in [0, 0.1) is 5.92 Å². The maximum Gasteiger partial charge on any atom is 0.225 e. The molecular weight excluding hydrogens is 280 g/mol. The summed E-state index contributed by atoms with van der Waals surface area (Å²) in [5, 5.41) is 3.38. The quantitative estimate of drug-likeness (QED) is 0.923. The molecule has 1 unspecified atom stereocenters. The first-order chi connectivity index (χ1) is 10.6. The number of fused-ring (bicyclic) bond motifs is 1. The van der Waals surface area contributed by atoms with Gasteiger partial charge in [-0.1, -0.05) is 12.1 Å². The zero-order valence-electron chi connectivity index (χ0n) is 13.2. The molecule has 0 radical (unpaired) electrons. The molecule has 0 spiro atoms. The van der Waals surface area contributed by atoms with Gasteiger partial charge in [0.15, 0.2) is 17.6 Å². The highest BCUT2D eigenvalue weighted by molar-refractivity contribution is 5.78. The highest BCUT2D eigenvalue weighted by atomic mass is 16.6. The largest absolute Gasteiger partial charge is 0.486 e. The van der Waals surface area contributed by atoms with Gasteiger partial charge in [-0.2, -0.15) is 0 Å². The summed E-state index contributed by atoms with van der Waals surface area (Å²) in [5.41, 5.74) is 0. The number of hydrogen-bond donors (Lipinski definition) is 1. The number of amides is 1. The van der Waals surface area contributed by atoms with Crippen LogP contribution < -0.4 is 14.8 Å². The van der Waals surface area contributed by atoms with E-state index in [-0.39, 0.29) is 17.9 Å². The van der Waals surface area contributed by atoms with Crippen LogP contribution in [0.25, 0.3) is 0 Å². The van der Waals surface area contributed by atoms with Gasteiger partial charge in [0.25, 0.3) is 0 Å². The Bertz CT molecular complexity index is 534. The number of carbonyl (C=O) groups is 1. The molecule has 2 heterocycles. The molecule has 1 aromatic carbocycles. The maximum atomic E-state index is 12.6. The van der Waals surface area contributed by atoms with Crippen LogP contribution in [0.1, 0.15) is 19.8 Å². The van der Waals surface area contributed by atoms with Crippen LogP contribution in [0.3, 0.4) is 0 Å². The fourth-order valence-electron chi connectivity index (χ4n) is 3.22. The summed E-state index contributed by atoms with van der Waals surface area (Å²) in [4.78, 5) is 14.4. The van der Waals surface area contributed by atoms with Crippen molar-refractivity contribution in [1.82, 2.24) is 10.2 Å². The molecule has 1 saturated heterocycles. The van der Waals surface area contributed by atoms with Crippen LogP contribution in [-0.2, 0) is 4.79 Å². The molecule has 0 aromatic heterocycles. The summed E-state index contributed by atoms with van der Waals surface area (Å²) in [6.07, 6.45) is 1.72. The van der Waals surface area contributed by atoms with E-state index in [1.54, 1.807) is 4.90 Å². The summed E-state index contributed by atoms with van der Waals surface area (Å²) < 4.78 is 11.6. The highest BCUT2D eigenvalue weighted by Crippen LogP contribution is 2.31. The second-order valence-corrected chi connectivity index (χ2v) is 6.29. The van der Waals surface area contributed by atoms with E-state index in [2.05, 4.69) is 12.2 Å². The van der Waals surface area contributed by atoms with Gasteiger partial charge in [0.2, 0.25) is 5.91 Å². The Morgan fingerprint density at radius 2 is 2.14 bits per heavy atom. The summed E-state index contributed by atoms with van der Waals surface area (Å²) in [5.74, 6) is 1.88. The minimum absolute atomic E-state index is 0.108. The second-order valence-electron chi connectivity index (χ2n) is 6.29. The van der Waals surface area contributed by atoms with Gasteiger partial charge in [0.1, 0.15) is 6.61 Å². The minimum atomic E-state index is -0.108. The molecule has 1 fully saturated rings. The summed E-state index contributed by atoms with van der Waals surface area (Å²) in [6.45, 7) is 4.10. The molecule has 5 heteroatoms. The summed E-state index contributed by atoms with van der Waals surface area (Å²) in [7, 11) is 1.86. The molecule has 2 aliphatic heterocycles. The van der Waals surface area contributed by atoms with Crippen LogP contribution in [0.2, 0.25) is 0 Å². The molecule has 0 aliphatic carbocycles. The van der Waals surface area contributed by atoms with Crippen molar-refractivity contribution >= 4 is 5.91 Å². The SMILES string of the molecule is C[C@H]1C[C@@H](C(=O)N(C)CC2COc3ccccc3O2)CCN1. The topological polar surface area (TPSA) is 50.8 Å². The van der Waals surface area contributed by atoms with Gasteiger partial charge in [0, 0.05) is 19.0 Å². The lowest BCUT2D eigenvalue weighted by atomic mass is 9.92. The van der Waals surface area contributed by atoms with Crippen molar-refractivity contribution in [2.45, 2.75) is 31.9 Å². The van der Waals surface area contributed by atoms with Crippen molar-refractivity contribution in [1.29, 1.82) is 0 Å². The van der Waals surface area contributed by atoms with Crippen LogP contribution >= 0.6 is 0 Å². The smallest absolute Gasteiger partial charge is 0.225 e. The first kappa shape index (κ1) is 15.2. The molecule has 1 aromatic rings. The molecule has 3 atom stereocenters. The average molecular weight is 304 g/mol. The van der Waals surface area contributed by atoms with Gasteiger partial charge < -0.3 is 19.7 Å². The van der Waals surface area contributed by atoms with Gasteiger partial charge in [0.05, 0.1) is 6.54 Å². The molecule has 120 valence electrons. The molecule has 0 saturated carbocycles. The predicted octanol–water partition coefficient (Wildman–Crippen LogP) is 1.67. The van der Waals surface area contributed by atoms with Crippen molar-refractivity contribution in [3.05, 3.63) is 24.3 Å². The number of piperidine rings is 1. The Kier molecular flexibility index (Phi) is 4.52. The van der Waals surface area contributed by atoms with Gasteiger partial charge in [-0.25, -0.2) is 0 Å². The normalized spacial score (nSPS) is 27.3. The lowest BCUT2D eigenvalue weighted by molar-refractivity contribution is -0.136. The molecule has 5 nitrogen and oxygen atoms in total. The number of hydrogen-bond acceptors (Lipinski definition) is 4. The van der Waals surface area contributed by atoms with E-state index in [1.165, 1.54) is 0 Å². The van der Waals surface area contributed by atoms with Gasteiger partial charge in [-0.15, -0.1) is 0 Å². The van der Waals surface area contributed by atoms with E-state index in [0.29, 0.717) is 19.2 Å². The molecule has 3 rings (SSSR count). The Balaban J connectivity index is 1.56. The van der Waals surface area contributed by atoms with E-state index in [9.17, 15) is 4.79 Å². The lowest BCUT2D eigenvalue weighted by Gasteiger charge is -2.33. The first-order valence-electron chi connectivity index (χ1n) is 8.00. The fourth-order valence-corrected chi connectivity index (χ4v) is 3.22. The number of rotatable bonds is 3. The lowest BCUT2D eigenvalue weighted by Crippen LogP contribution is -2.47. The zero-order valence-corrected chi connectivity index (χ0v) is 13.2. The number of nitrogens with one attached hydrogen (secondary N) is 1. The van der Waals surface area contributed by atoms with Gasteiger partial charge in [-0.3, -0.25) is 4.79 Å². The maximum absolute atomic E-state index is 12.6. The standard InChI is InChI=1S/C17H24N2O3/c1-12-9-13(7-8-18-12)17(20)19(2)10-14-11-21-15-5-3-4-6-16(15)22-14/h3-6,12-14,18H,7-11H2,1-2H3/t12-,13-,14?/m0/s1. The van der Waals surface area contributed by atoms with E-state index in [1.807, 2.05) is 31.3 Å². The van der Waals surface area contributed by atoms with Crippen molar-refractivity contribution in [3.63, 3.8) is 0 Å². The zero-order chi connectivity index (χ0) is 15.5. The molecular formula is C17H24N2O3. The van der Waals surface area contributed by atoms with E-state index in [0.717, 1.165) is 30.9 Å². The number of likely N-dealkylation sites (N-methyl/N-ethyl adjacent to an activating group) is 1. The molecule has 1 amide bonds. The molecule has 2 aliphatic rings. The van der Waals surface area contributed by atoms with Crippen LogP contribution in [0.4, 0.5) is 0 Å². The third kappa shape index (κ3) is 3.35. The highest BCUT2D eigenvalue weighted by Gasteiger charge is 2.29. The third-order valence-corrected chi connectivity index (χ3v) is 4.39. The minimum Gasteiger partial charge on any atom is -0.486 e. The van der Waals surface area contributed by atoms with Crippen molar-refractivity contribution in [2.24, 2.45) is 5.92 Å². The van der Waals surface area contributed by atoms with E-state index >= 15 is 0 Å². The van der Waals surface area contributed by atoms with Crippen molar-refractivity contribution in [3.8, 4) is 11.5 Å². The Morgan fingerprint density at radius 3 is 2.91 bits per heavy atom. The monoisotopic (exact) mass is 304 g/mol. The van der Waals surface area contributed by atoms with Crippen LogP contribution in [0.15, 0.2) is 24.3 Å². The summed E-state index contributed by atoms with van der Waals surface area (Å²) >= 11 is 0. The molecule has 1 N–H and O–H groups in total. The van der Waals surface area contributed by atoms with E-state index < -0.39 is 0 Å². The van der Waals surface area contributed by atoms with Crippen LogP contribution in [0.5, 0.6) is 11.5 Å². The number of ether oxygens (including phenoxy) is 2. The first-order valence-corrected chi connectivity index (χ1v) is 8.00. The fraction of sp³-hybridized carbons (Fsp3) is 0.588. The number of para-hydroxylation sites is 2. The number of carbonyl (C=O) groups excluding carboxylic acids is 1. The third-order valence-electron chi connectivity index (χ3n) is 4.39. The Hall–Kier alpha value is -1.75. The average Bonchev–Trinajstić information content (AvgIpc) is 2.54. The number of nitrogens with zero attached hydrogens (tertiary/aromatic N) is 1.